The fraction of sp³-hybridized carbons (Fsp3) is 0.375. The van der Waals surface area contributed by atoms with Crippen LogP contribution in [0.25, 0.3) is 11.1 Å². The number of hydrogen-bond acceptors (Lipinski definition) is 10. The zero-order valence-electron chi connectivity index (χ0n) is 25.5. The molecule has 4 heterocycles. The number of nitrogens with one attached hydrogen (secondary N) is 3. The number of nitriles is 1. The summed E-state index contributed by atoms with van der Waals surface area (Å²) >= 11 is 0. The Hall–Kier alpha value is -5.03. The smallest absolute Gasteiger partial charge is 0.323 e. The molecular weight excluding hydrogens is 604 g/mol. The van der Waals surface area contributed by atoms with Gasteiger partial charge in [-0.1, -0.05) is 30.3 Å². The molecule has 3 aromatic heterocycles. The lowest BCUT2D eigenvalue weighted by Gasteiger charge is -2.36. The molecule has 3 N–H and O–H groups in total. The molecule has 2 aliphatic rings. The van der Waals surface area contributed by atoms with Crippen molar-refractivity contribution in [1.29, 1.82) is 5.26 Å². The van der Waals surface area contributed by atoms with E-state index < -0.39 is 9.84 Å². The van der Waals surface area contributed by atoms with E-state index in [9.17, 15) is 18.5 Å². The van der Waals surface area contributed by atoms with Gasteiger partial charge in [-0.15, -0.1) is 0 Å². The highest BCUT2D eigenvalue weighted by atomic mass is 32.2. The largest absolute Gasteiger partial charge is 0.365 e. The maximum Gasteiger partial charge on any atom is 0.323 e. The molecule has 1 saturated carbocycles. The van der Waals surface area contributed by atoms with Crippen molar-refractivity contribution in [3.05, 3.63) is 78.4 Å². The number of sulfone groups is 1. The van der Waals surface area contributed by atoms with Crippen molar-refractivity contribution < 1.29 is 13.2 Å². The van der Waals surface area contributed by atoms with Gasteiger partial charge in [-0.05, 0) is 49.8 Å². The van der Waals surface area contributed by atoms with Crippen LogP contribution in [-0.4, -0.2) is 68.8 Å². The normalized spacial score (nSPS) is 20.4. The first-order valence-electron chi connectivity index (χ1n) is 15.3. The lowest BCUT2D eigenvalue weighted by Crippen LogP contribution is -2.49. The van der Waals surface area contributed by atoms with Gasteiger partial charge in [0, 0.05) is 55.2 Å². The molecule has 0 radical (unpaired) electrons. The summed E-state index contributed by atoms with van der Waals surface area (Å²) in [5.74, 6) is 1.42. The van der Waals surface area contributed by atoms with Gasteiger partial charge in [0.15, 0.2) is 9.84 Å². The summed E-state index contributed by atoms with van der Waals surface area (Å²) in [4.78, 5) is 29.0. The van der Waals surface area contributed by atoms with Crippen molar-refractivity contribution in [3.63, 3.8) is 0 Å². The molecule has 4 aromatic rings. The number of aryl methyl sites for hydroxylation is 1. The van der Waals surface area contributed by atoms with Gasteiger partial charge in [-0.25, -0.2) is 23.2 Å². The second kappa shape index (κ2) is 13.5. The van der Waals surface area contributed by atoms with Crippen molar-refractivity contribution in [2.75, 3.05) is 27.0 Å². The van der Waals surface area contributed by atoms with Crippen LogP contribution in [0.15, 0.2) is 67.3 Å². The van der Waals surface area contributed by atoms with Gasteiger partial charge in [0.2, 0.25) is 5.95 Å². The van der Waals surface area contributed by atoms with Crippen LogP contribution >= 0.6 is 0 Å². The molecule has 1 saturated heterocycles. The summed E-state index contributed by atoms with van der Waals surface area (Å²) in [6.07, 6.45) is 10.4. The molecular formula is C32H36N10O3S. The average Bonchev–Trinajstić information content (AvgIpc) is 3.65. The topological polar surface area (TPSA) is 171 Å². The van der Waals surface area contributed by atoms with Crippen molar-refractivity contribution in [2.24, 2.45) is 7.05 Å². The molecule has 0 bridgehead atoms. The van der Waals surface area contributed by atoms with Crippen LogP contribution in [0.5, 0.6) is 0 Å². The van der Waals surface area contributed by atoms with Crippen LogP contribution in [-0.2, 0) is 23.4 Å². The highest BCUT2D eigenvalue weighted by molar-refractivity contribution is 7.91. The zero-order chi connectivity index (χ0) is 32.1. The monoisotopic (exact) mass is 640 g/mol. The first-order valence-corrected chi connectivity index (χ1v) is 17.1. The van der Waals surface area contributed by atoms with E-state index in [2.05, 4.69) is 37.1 Å². The summed E-state index contributed by atoms with van der Waals surface area (Å²) in [6, 6.07) is 15.2. The van der Waals surface area contributed by atoms with E-state index in [1.54, 1.807) is 22.0 Å². The average molecular weight is 641 g/mol. The lowest BCUT2D eigenvalue weighted by atomic mass is 9.90. The first kappa shape index (κ1) is 31.0. The number of hydrogen-bond donors (Lipinski definition) is 3. The summed E-state index contributed by atoms with van der Waals surface area (Å²) in [5, 5.41) is 23.4. The SMILES string of the molecule is Cn1cc(-c2ccc(N(C(=O)NCc3ccccc3)C3CCC(Nc4ncc(C#N)c(NC5CCS(=O)(=O)C5)n4)CC3)nc2)cn1. The number of rotatable bonds is 9. The number of pyridine rings is 1. The Morgan fingerprint density at radius 2 is 1.78 bits per heavy atom. The Morgan fingerprint density at radius 1 is 0.978 bits per heavy atom. The molecule has 13 nitrogen and oxygen atoms in total. The van der Waals surface area contributed by atoms with Gasteiger partial charge in [0.25, 0.3) is 0 Å². The highest BCUT2D eigenvalue weighted by Crippen LogP contribution is 2.30. The zero-order valence-corrected chi connectivity index (χ0v) is 26.3. The van der Waals surface area contributed by atoms with Gasteiger partial charge >= 0.3 is 6.03 Å². The summed E-state index contributed by atoms with van der Waals surface area (Å²) in [7, 11) is -1.22. The molecule has 1 aliphatic carbocycles. The minimum Gasteiger partial charge on any atom is -0.365 e. The van der Waals surface area contributed by atoms with Crippen molar-refractivity contribution in [3.8, 4) is 17.2 Å². The minimum absolute atomic E-state index is 0.0190. The van der Waals surface area contributed by atoms with E-state index in [1.807, 2.05) is 55.7 Å². The number of urea groups is 1. The molecule has 1 atom stereocenters. The Labute approximate surface area is 268 Å². The molecule has 0 spiro atoms. The number of carbonyl (C=O) groups excluding carboxylic acids is 1. The Morgan fingerprint density at radius 3 is 2.43 bits per heavy atom. The van der Waals surface area contributed by atoms with Gasteiger partial charge in [0.05, 0.1) is 23.9 Å². The minimum atomic E-state index is -3.08. The molecule has 1 unspecified atom stereocenters. The Bertz CT molecular complexity index is 1810. The third-order valence-corrected chi connectivity index (χ3v) is 10.2. The van der Waals surface area contributed by atoms with Crippen LogP contribution in [0.1, 0.15) is 43.2 Å². The standard InChI is InChI=1S/C32H36N10O3S/c1-41-20-25(19-37-41)23-7-12-29(34-17-23)42(32(43)36-16-22-5-3-2-4-6-22)28-10-8-26(9-11-28)39-31-35-18-24(15-33)30(40-31)38-27-13-14-46(44,45)21-27/h2-7,12,17-20,26-28H,8-11,13-14,16,21H2,1H3,(H,36,43)(H2,35,38,39,40). The Kier molecular flexibility index (Phi) is 9.11. The van der Waals surface area contributed by atoms with Gasteiger partial charge in [-0.3, -0.25) is 9.58 Å². The second-order valence-electron chi connectivity index (χ2n) is 11.8. The van der Waals surface area contributed by atoms with Gasteiger partial charge in [0.1, 0.15) is 23.3 Å². The molecule has 2 amide bonds. The third kappa shape index (κ3) is 7.43. The number of anilines is 3. The van der Waals surface area contributed by atoms with Crippen molar-refractivity contribution in [2.45, 2.75) is 56.8 Å². The Balaban J connectivity index is 1.13. The molecule has 238 valence electrons. The van der Waals surface area contributed by atoms with E-state index in [0.29, 0.717) is 30.5 Å². The quantitative estimate of drug-likeness (QED) is 0.244. The van der Waals surface area contributed by atoms with E-state index in [1.165, 1.54) is 6.20 Å². The van der Waals surface area contributed by atoms with E-state index in [-0.39, 0.29) is 41.2 Å². The number of aromatic nitrogens is 5. The van der Waals surface area contributed by atoms with E-state index >= 15 is 0 Å². The third-order valence-electron chi connectivity index (χ3n) is 8.42. The molecule has 46 heavy (non-hydrogen) atoms. The number of benzene rings is 1. The second-order valence-corrected chi connectivity index (χ2v) is 14.0. The van der Waals surface area contributed by atoms with E-state index in [4.69, 9.17) is 4.98 Å². The maximum atomic E-state index is 13.7. The summed E-state index contributed by atoms with van der Waals surface area (Å²) in [5.41, 5.74) is 3.14. The van der Waals surface area contributed by atoms with Crippen LogP contribution in [0.4, 0.5) is 22.4 Å². The molecule has 2 fully saturated rings. The van der Waals surface area contributed by atoms with Crippen LogP contribution < -0.4 is 20.9 Å². The summed E-state index contributed by atoms with van der Waals surface area (Å²) in [6.45, 7) is 0.403. The summed E-state index contributed by atoms with van der Waals surface area (Å²) < 4.78 is 25.6. The highest BCUT2D eigenvalue weighted by Gasteiger charge is 2.32. The van der Waals surface area contributed by atoms with Gasteiger partial charge < -0.3 is 16.0 Å². The van der Waals surface area contributed by atoms with E-state index in [0.717, 1.165) is 42.4 Å². The van der Waals surface area contributed by atoms with Crippen LogP contribution in [0.3, 0.4) is 0 Å². The van der Waals surface area contributed by atoms with Gasteiger partial charge in [-0.2, -0.15) is 15.3 Å². The van der Waals surface area contributed by atoms with Crippen molar-refractivity contribution in [1.82, 2.24) is 30.0 Å². The molecule has 1 aromatic carbocycles. The molecule has 14 heteroatoms. The molecule has 6 rings (SSSR count). The fourth-order valence-electron chi connectivity index (χ4n) is 5.99. The number of carbonyl (C=O) groups is 1. The van der Waals surface area contributed by atoms with Crippen LogP contribution in [0.2, 0.25) is 0 Å². The predicted octanol–water partition coefficient (Wildman–Crippen LogP) is 3.88. The number of nitrogens with zero attached hydrogens (tertiary/aromatic N) is 7. The van der Waals surface area contributed by atoms with Crippen molar-refractivity contribution >= 4 is 33.5 Å². The lowest BCUT2D eigenvalue weighted by molar-refractivity contribution is 0.240. The molecule has 1 aliphatic heterocycles. The number of amides is 2. The first-order chi connectivity index (χ1) is 22.3. The predicted molar refractivity (Wildman–Crippen MR) is 175 cm³/mol. The van der Waals surface area contributed by atoms with Crippen LogP contribution in [0, 0.1) is 11.3 Å². The fourth-order valence-corrected chi connectivity index (χ4v) is 7.66. The maximum absolute atomic E-state index is 13.7.